The van der Waals surface area contributed by atoms with Gasteiger partial charge in [0.2, 0.25) is 5.95 Å². The number of nitrogens with two attached hydrogens (primary N) is 1. The number of aromatic nitrogens is 1. The highest BCUT2D eigenvalue weighted by Gasteiger charge is 1.91. The fourth-order valence-electron chi connectivity index (χ4n) is 0.267. The minimum absolute atomic E-state index is 0.275. The largest absolute Gasteiger partial charge is 0.375 e. The van der Waals surface area contributed by atoms with Crippen molar-refractivity contribution in [2.24, 2.45) is 0 Å². The molecule has 0 aliphatic heterocycles. The van der Waals surface area contributed by atoms with Crippen LogP contribution in [-0.2, 0) is 0 Å². The van der Waals surface area contributed by atoms with Crippen LogP contribution in [0.2, 0.25) is 0 Å². The number of anilines is 1. The van der Waals surface area contributed by atoms with Gasteiger partial charge in [-0.25, -0.2) is 0 Å². The summed E-state index contributed by atoms with van der Waals surface area (Å²) >= 11 is 1.10. The molecular formula is C3H3FN2S. The van der Waals surface area contributed by atoms with E-state index in [0.29, 0.717) is 0 Å². The van der Waals surface area contributed by atoms with Crippen LogP contribution in [0.15, 0.2) is 5.38 Å². The molecule has 0 amide bonds. The number of nitrogen functional groups attached to an aromatic ring is 1. The Hall–Kier alpha value is -0.640. The Labute approximate surface area is 43.8 Å². The highest BCUT2D eigenvalue weighted by Crippen LogP contribution is 2.07. The lowest BCUT2D eigenvalue weighted by atomic mass is 10.9. The van der Waals surface area contributed by atoms with Gasteiger partial charge in [-0.15, -0.1) is 11.3 Å². The van der Waals surface area contributed by atoms with E-state index in [0.717, 1.165) is 11.3 Å². The topological polar surface area (TPSA) is 38.9 Å². The number of halogens is 1. The zero-order valence-corrected chi connectivity index (χ0v) is 4.20. The van der Waals surface area contributed by atoms with E-state index in [-0.39, 0.29) is 5.13 Å². The maximum atomic E-state index is 11.7. The zero-order valence-electron chi connectivity index (χ0n) is 3.39. The first-order chi connectivity index (χ1) is 3.29. The minimum atomic E-state index is -0.498. The van der Waals surface area contributed by atoms with Gasteiger partial charge in [0.1, 0.15) is 0 Å². The highest BCUT2D eigenvalue weighted by atomic mass is 32.1. The molecular weight excluding hydrogens is 115 g/mol. The number of thiazole rings is 1. The molecule has 1 aromatic heterocycles. The first-order valence-corrected chi connectivity index (χ1v) is 2.53. The van der Waals surface area contributed by atoms with Gasteiger partial charge < -0.3 is 5.73 Å². The third kappa shape index (κ3) is 0.866. The lowest BCUT2D eigenvalue weighted by Gasteiger charge is -1.69. The Morgan fingerprint density at radius 3 is 2.71 bits per heavy atom. The molecule has 1 aromatic rings. The Morgan fingerprint density at radius 1 is 1.86 bits per heavy atom. The van der Waals surface area contributed by atoms with Gasteiger partial charge in [-0.3, -0.25) is 0 Å². The van der Waals surface area contributed by atoms with E-state index >= 15 is 0 Å². The first-order valence-electron chi connectivity index (χ1n) is 1.65. The van der Waals surface area contributed by atoms with Crippen molar-refractivity contribution in [1.82, 2.24) is 4.98 Å². The van der Waals surface area contributed by atoms with Crippen molar-refractivity contribution >= 4 is 16.5 Å². The molecule has 2 N–H and O–H groups in total. The fourth-order valence-corrected chi connectivity index (χ4v) is 0.678. The van der Waals surface area contributed by atoms with Crippen LogP contribution in [0.4, 0.5) is 9.52 Å². The molecule has 4 heteroatoms. The second-order valence-corrected chi connectivity index (χ2v) is 1.90. The quantitative estimate of drug-likeness (QED) is 0.548. The Morgan fingerprint density at radius 2 is 2.57 bits per heavy atom. The van der Waals surface area contributed by atoms with Crippen molar-refractivity contribution in [2.45, 2.75) is 0 Å². The highest BCUT2D eigenvalue weighted by molar-refractivity contribution is 7.13. The summed E-state index contributed by atoms with van der Waals surface area (Å²) in [7, 11) is 0. The third-order valence-electron chi connectivity index (χ3n) is 0.494. The molecule has 7 heavy (non-hydrogen) atoms. The van der Waals surface area contributed by atoms with Crippen molar-refractivity contribution < 1.29 is 4.39 Å². The predicted octanol–water partition coefficient (Wildman–Crippen LogP) is 0.864. The SMILES string of the molecule is Nc1nc(F)cs1. The molecule has 0 aliphatic carbocycles. The van der Waals surface area contributed by atoms with E-state index in [1.165, 1.54) is 5.38 Å². The van der Waals surface area contributed by atoms with Crippen molar-refractivity contribution in [3.8, 4) is 0 Å². The predicted molar refractivity (Wildman–Crippen MR) is 26.5 cm³/mol. The molecule has 0 aromatic carbocycles. The summed E-state index contributed by atoms with van der Waals surface area (Å²) in [5.41, 5.74) is 5.05. The van der Waals surface area contributed by atoms with E-state index in [1.807, 2.05) is 0 Å². The molecule has 0 atom stereocenters. The van der Waals surface area contributed by atoms with Crippen LogP contribution in [0.1, 0.15) is 0 Å². The van der Waals surface area contributed by atoms with Crippen LogP contribution >= 0.6 is 11.3 Å². The second kappa shape index (κ2) is 1.46. The molecule has 1 heterocycles. The summed E-state index contributed by atoms with van der Waals surface area (Å²) in [5, 5.41) is 1.53. The molecule has 0 saturated heterocycles. The average molecular weight is 118 g/mol. The summed E-state index contributed by atoms with van der Waals surface area (Å²) in [5.74, 6) is -0.498. The van der Waals surface area contributed by atoms with Crippen molar-refractivity contribution in [3.63, 3.8) is 0 Å². The van der Waals surface area contributed by atoms with Gasteiger partial charge >= 0.3 is 0 Å². The van der Waals surface area contributed by atoms with Crippen LogP contribution in [0, 0.1) is 5.95 Å². The maximum Gasteiger partial charge on any atom is 0.225 e. The van der Waals surface area contributed by atoms with Crippen LogP contribution in [-0.4, -0.2) is 4.98 Å². The van der Waals surface area contributed by atoms with Gasteiger partial charge in [-0.05, 0) is 0 Å². The third-order valence-corrected chi connectivity index (χ3v) is 1.14. The summed E-state index contributed by atoms with van der Waals surface area (Å²) < 4.78 is 11.7. The first kappa shape index (κ1) is 4.52. The fraction of sp³-hybridized carbons (Fsp3) is 0. The number of hydrogen-bond donors (Lipinski definition) is 1. The van der Waals surface area contributed by atoms with E-state index in [1.54, 1.807) is 0 Å². The van der Waals surface area contributed by atoms with Crippen LogP contribution < -0.4 is 5.73 Å². The number of hydrogen-bond acceptors (Lipinski definition) is 3. The van der Waals surface area contributed by atoms with Crippen molar-refractivity contribution in [1.29, 1.82) is 0 Å². The van der Waals surface area contributed by atoms with E-state index in [9.17, 15) is 4.39 Å². The van der Waals surface area contributed by atoms with Crippen LogP contribution in [0.3, 0.4) is 0 Å². The summed E-state index contributed by atoms with van der Waals surface area (Å²) in [6.45, 7) is 0. The van der Waals surface area contributed by atoms with Gasteiger partial charge in [-0.2, -0.15) is 9.37 Å². The van der Waals surface area contributed by atoms with Crippen molar-refractivity contribution in [2.75, 3.05) is 5.73 Å². The molecule has 0 saturated carbocycles. The maximum absolute atomic E-state index is 11.7. The van der Waals surface area contributed by atoms with Gasteiger partial charge in [0, 0.05) is 5.38 Å². The molecule has 0 bridgehead atoms. The molecule has 38 valence electrons. The Balaban J connectivity index is 3.04. The average Bonchev–Trinajstić information content (AvgIpc) is 1.87. The molecule has 0 radical (unpaired) electrons. The normalized spacial score (nSPS) is 9.29. The minimum Gasteiger partial charge on any atom is -0.375 e. The van der Waals surface area contributed by atoms with Crippen molar-refractivity contribution in [3.05, 3.63) is 11.3 Å². The molecule has 2 nitrogen and oxygen atoms in total. The van der Waals surface area contributed by atoms with E-state index in [4.69, 9.17) is 5.73 Å². The second-order valence-electron chi connectivity index (χ2n) is 1.01. The molecule has 0 unspecified atom stereocenters. The van der Waals surface area contributed by atoms with Gasteiger partial charge in [0.25, 0.3) is 0 Å². The van der Waals surface area contributed by atoms with Gasteiger partial charge in [0.15, 0.2) is 5.13 Å². The lowest BCUT2D eigenvalue weighted by molar-refractivity contribution is 0.593. The molecule has 1 rings (SSSR count). The van der Waals surface area contributed by atoms with Gasteiger partial charge in [0.05, 0.1) is 0 Å². The van der Waals surface area contributed by atoms with Gasteiger partial charge in [-0.1, -0.05) is 0 Å². The smallest absolute Gasteiger partial charge is 0.225 e. The monoisotopic (exact) mass is 118 g/mol. The Bertz CT molecular complexity index is 145. The van der Waals surface area contributed by atoms with Crippen LogP contribution in [0.5, 0.6) is 0 Å². The van der Waals surface area contributed by atoms with E-state index in [2.05, 4.69) is 4.98 Å². The zero-order chi connectivity index (χ0) is 5.28. The molecule has 0 spiro atoms. The standard InChI is InChI=1S/C3H3FN2S/c4-2-1-7-3(5)6-2/h1H,(H2,5,6). The summed E-state index contributed by atoms with van der Waals surface area (Å²) in [4.78, 5) is 3.24. The molecule has 0 aliphatic rings. The van der Waals surface area contributed by atoms with Crippen LogP contribution in [0.25, 0.3) is 0 Å². The lowest BCUT2D eigenvalue weighted by Crippen LogP contribution is -1.80. The Kier molecular flexibility index (Phi) is 0.941. The number of rotatable bonds is 0. The summed E-state index contributed by atoms with van der Waals surface area (Å²) in [6, 6.07) is 0. The molecule has 0 fully saturated rings. The van der Waals surface area contributed by atoms with E-state index < -0.39 is 5.95 Å². The number of nitrogens with zero attached hydrogens (tertiary/aromatic N) is 1. The summed E-state index contributed by atoms with van der Waals surface area (Å²) in [6.07, 6.45) is 0.